The molecule has 0 spiro atoms. The molecule has 3 aromatic heterocycles. The first-order valence-electron chi connectivity index (χ1n) is 13.1. The molecule has 0 saturated carbocycles. The lowest BCUT2D eigenvalue weighted by Crippen LogP contribution is -2.27. The molecule has 1 fully saturated rings. The molecule has 5 aromatic rings. The van der Waals surface area contributed by atoms with Crippen LogP contribution in [-0.4, -0.2) is 42.9 Å². The van der Waals surface area contributed by atoms with Gasteiger partial charge in [0.05, 0.1) is 39.6 Å². The van der Waals surface area contributed by atoms with Gasteiger partial charge in [0.2, 0.25) is 0 Å². The molecule has 0 radical (unpaired) electrons. The van der Waals surface area contributed by atoms with Gasteiger partial charge in [0.15, 0.2) is 0 Å². The summed E-state index contributed by atoms with van der Waals surface area (Å²) in [5, 5.41) is 20.3. The lowest BCUT2D eigenvalue weighted by Gasteiger charge is -2.33. The Morgan fingerprint density at radius 2 is 1.79 bits per heavy atom. The molecule has 0 amide bonds. The molecule has 196 valence electrons. The quantitative estimate of drug-likeness (QED) is 0.327. The Hall–Kier alpha value is -3.62. The summed E-state index contributed by atoms with van der Waals surface area (Å²) in [5.41, 5.74) is 6.39. The van der Waals surface area contributed by atoms with Gasteiger partial charge in [0.1, 0.15) is 5.82 Å². The molecular weight excluding hydrogens is 481 g/mol. The number of benzene rings is 2. The van der Waals surface area contributed by atoms with Crippen molar-refractivity contribution in [3.63, 3.8) is 0 Å². The van der Waals surface area contributed by atoms with Gasteiger partial charge >= 0.3 is 0 Å². The van der Waals surface area contributed by atoms with Crippen molar-refractivity contribution < 1.29 is 14.2 Å². The average Bonchev–Trinajstić information content (AvgIpc) is 3.41. The van der Waals surface area contributed by atoms with Crippen LogP contribution in [0, 0.1) is 18.7 Å². The third kappa shape index (κ3) is 4.18. The lowest BCUT2D eigenvalue weighted by molar-refractivity contribution is 0.0552. The van der Waals surface area contributed by atoms with Gasteiger partial charge < -0.3 is 14.4 Å². The summed E-state index contributed by atoms with van der Waals surface area (Å²) in [4.78, 5) is 4.96. The van der Waals surface area contributed by atoms with Crippen molar-refractivity contribution in [2.45, 2.75) is 45.3 Å². The predicted octanol–water partition coefficient (Wildman–Crippen LogP) is 5.68. The first-order chi connectivity index (χ1) is 18.2. The van der Waals surface area contributed by atoms with Crippen LogP contribution in [0.25, 0.3) is 33.2 Å². The summed E-state index contributed by atoms with van der Waals surface area (Å²) >= 11 is 0. The average molecular weight is 514 g/mol. The van der Waals surface area contributed by atoms with Gasteiger partial charge in [0, 0.05) is 37.4 Å². The Morgan fingerprint density at radius 1 is 1.05 bits per heavy atom. The number of ether oxygens (including phenoxy) is 1. The van der Waals surface area contributed by atoms with Crippen molar-refractivity contribution in [1.29, 1.82) is 0 Å². The minimum absolute atomic E-state index is 0.0700. The van der Waals surface area contributed by atoms with Crippen LogP contribution in [0.2, 0.25) is 0 Å². The third-order valence-corrected chi connectivity index (χ3v) is 7.82. The summed E-state index contributed by atoms with van der Waals surface area (Å²) in [6, 6.07) is 15.0. The Morgan fingerprint density at radius 3 is 2.45 bits per heavy atom. The highest BCUT2D eigenvalue weighted by atomic mass is 19.1. The van der Waals surface area contributed by atoms with Crippen molar-refractivity contribution in [3.8, 4) is 11.3 Å². The highest BCUT2D eigenvalue weighted by molar-refractivity contribution is 6.07. The predicted molar refractivity (Wildman–Crippen MR) is 145 cm³/mol. The monoisotopic (exact) mass is 513 g/mol. The van der Waals surface area contributed by atoms with Crippen LogP contribution in [0.15, 0.2) is 54.7 Å². The zero-order valence-electron chi connectivity index (χ0n) is 22.1. The number of nitrogens with zero attached hydrogens (tertiary/aromatic N) is 5. The summed E-state index contributed by atoms with van der Waals surface area (Å²) in [7, 11) is 1.88. The second kappa shape index (κ2) is 9.29. The van der Waals surface area contributed by atoms with E-state index in [2.05, 4.69) is 33.1 Å². The number of hydrogen-bond donors (Lipinski definition) is 1. The number of fused-ring (bicyclic) bond motifs is 3. The fourth-order valence-electron chi connectivity index (χ4n) is 5.89. The van der Waals surface area contributed by atoms with Gasteiger partial charge in [-0.15, -0.1) is 5.10 Å². The normalized spacial score (nSPS) is 15.9. The van der Waals surface area contributed by atoms with E-state index in [-0.39, 0.29) is 17.8 Å². The molecule has 8 heteroatoms. The molecule has 7 nitrogen and oxygen atoms in total. The van der Waals surface area contributed by atoms with Gasteiger partial charge in [-0.1, -0.05) is 29.5 Å². The topological polar surface area (TPSA) is 78.0 Å². The number of aliphatic hydroxyl groups is 1. The van der Waals surface area contributed by atoms with Gasteiger partial charge in [-0.25, -0.2) is 9.07 Å². The third-order valence-electron chi connectivity index (χ3n) is 7.82. The number of rotatable bonds is 5. The molecule has 1 aliphatic rings. The van der Waals surface area contributed by atoms with Crippen LogP contribution < -0.4 is 0 Å². The molecule has 6 rings (SSSR count). The minimum atomic E-state index is -1.00. The van der Waals surface area contributed by atoms with Gasteiger partial charge in [-0.05, 0) is 74.9 Å². The molecular formula is C30H32FN5O2. The van der Waals surface area contributed by atoms with E-state index in [1.54, 1.807) is 18.5 Å². The van der Waals surface area contributed by atoms with Crippen LogP contribution in [0.3, 0.4) is 0 Å². The van der Waals surface area contributed by atoms with E-state index in [9.17, 15) is 9.50 Å². The van der Waals surface area contributed by atoms with E-state index in [4.69, 9.17) is 9.72 Å². The standard InChI is InChI=1S/C30H32FN5O2/c1-18-28(35(4)34-33-18)21-15-26-27(32-17-21)24-10-7-22(30(2,3)37)16-25(24)36(26)29(20-11-13-38-14-12-20)19-5-8-23(31)9-6-19/h5-10,15-17,20,29,37H,11-14H2,1-4H3/t29-/m1/s1. The van der Waals surface area contributed by atoms with Crippen LogP contribution >= 0.6 is 0 Å². The summed E-state index contributed by atoms with van der Waals surface area (Å²) in [6.45, 7) is 6.92. The summed E-state index contributed by atoms with van der Waals surface area (Å²) in [6.07, 6.45) is 3.67. The van der Waals surface area contributed by atoms with E-state index < -0.39 is 5.60 Å². The molecule has 2 aromatic carbocycles. The first-order valence-corrected chi connectivity index (χ1v) is 13.1. The van der Waals surface area contributed by atoms with E-state index >= 15 is 0 Å². The van der Waals surface area contributed by atoms with Gasteiger partial charge in [-0.2, -0.15) is 0 Å². The molecule has 1 N–H and O–H groups in total. The summed E-state index contributed by atoms with van der Waals surface area (Å²) in [5.74, 6) is 0.0247. The van der Waals surface area contributed by atoms with Crippen LogP contribution in [-0.2, 0) is 17.4 Å². The molecule has 0 bridgehead atoms. The van der Waals surface area contributed by atoms with Gasteiger partial charge in [0.25, 0.3) is 0 Å². The molecule has 4 heterocycles. The highest BCUT2D eigenvalue weighted by Crippen LogP contribution is 2.42. The Bertz CT molecular complexity index is 1610. The number of hydrogen-bond acceptors (Lipinski definition) is 5. The largest absolute Gasteiger partial charge is 0.386 e. The summed E-state index contributed by atoms with van der Waals surface area (Å²) < 4.78 is 23.9. The van der Waals surface area contributed by atoms with Crippen molar-refractivity contribution in [1.82, 2.24) is 24.5 Å². The minimum Gasteiger partial charge on any atom is -0.386 e. The number of pyridine rings is 1. The SMILES string of the molecule is Cc1nnn(C)c1-c1cnc2c3ccc(C(C)(C)O)cc3n([C@H](c3ccc(F)cc3)C3CCOCC3)c2c1. The van der Waals surface area contributed by atoms with E-state index in [0.29, 0.717) is 13.2 Å². The first kappa shape index (κ1) is 24.7. The van der Waals surface area contributed by atoms with Crippen LogP contribution in [0.5, 0.6) is 0 Å². The maximum atomic E-state index is 14.0. The maximum Gasteiger partial charge on any atom is 0.123 e. The second-order valence-corrected chi connectivity index (χ2v) is 10.8. The van der Waals surface area contributed by atoms with E-state index in [1.807, 2.05) is 38.4 Å². The fourth-order valence-corrected chi connectivity index (χ4v) is 5.89. The molecule has 1 atom stereocenters. The lowest BCUT2D eigenvalue weighted by atomic mass is 9.86. The zero-order valence-corrected chi connectivity index (χ0v) is 22.1. The zero-order chi connectivity index (χ0) is 26.6. The molecule has 1 aliphatic heterocycles. The highest BCUT2D eigenvalue weighted by Gasteiger charge is 2.31. The van der Waals surface area contributed by atoms with Crippen molar-refractivity contribution in [2.24, 2.45) is 13.0 Å². The molecule has 1 saturated heterocycles. The second-order valence-electron chi connectivity index (χ2n) is 10.8. The van der Waals surface area contributed by atoms with Gasteiger partial charge in [-0.3, -0.25) is 4.98 Å². The molecule has 0 unspecified atom stereocenters. The smallest absolute Gasteiger partial charge is 0.123 e. The number of halogens is 1. The van der Waals surface area contributed by atoms with E-state index in [1.165, 1.54) is 12.1 Å². The van der Waals surface area contributed by atoms with Crippen molar-refractivity contribution in [3.05, 3.63) is 77.4 Å². The van der Waals surface area contributed by atoms with Crippen LogP contribution in [0.4, 0.5) is 4.39 Å². The molecule has 0 aliphatic carbocycles. The van der Waals surface area contributed by atoms with Crippen molar-refractivity contribution in [2.75, 3.05) is 13.2 Å². The number of aromatic nitrogens is 5. The maximum absolute atomic E-state index is 14.0. The Balaban J connectivity index is 1.69. The number of aryl methyl sites for hydroxylation is 2. The molecule has 38 heavy (non-hydrogen) atoms. The Kier molecular flexibility index (Phi) is 6.04. The Labute approximate surface area is 220 Å². The fraction of sp³-hybridized carbons (Fsp3) is 0.367. The van der Waals surface area contributed by atoms with E-state index in [0.717, 1.165) is 62.9 Å². The van der Waals surface area contributed by atoms with Crippen molar-refractivity contribution >= 4 is 21.9 Å². The van der Waals surface area contributed by atoms with Crippen LogP contribution in [0.1, 0.15) is 49.6 Å².